The highest BCUT2D eigenvalue weighted by atomic mass is 19.1. The van der Waals surface area contributed by atoms with Crippen molar-refractivity contribution in [2.75, 3.05) is 18.0 Å². The number of hydrogen-bond acceptors (Lipinski definition) is 2. The second-order valence-electron chi connectivity index (χ2n) is 3.63. The van der Waals surface area contributed by atoms with Crippen LogP contribution in [0.15, 0.2) is 24.3 Å². The topological polar surface area (TPSA) is 40.5 Å². The van der Waals surface area contributed by atoms with Gasteiger partial charge in [0, 0.05) is 12.2 Å². The Labute approximate surface area is 87.1 Å². The van der Waals surface area contributed by atoms with Crippen LogP contribution in [-0.2, 0) is 11.2 Å². The molecule has 0 saturated heterocycles. The van der Waals surface area contributed by atoms with Crippen molar-refractivity contribution in [3.63, 3.8) is 0 Å². The Morgan fingerprint density at radius 2 is 2.27 bits per heavy atom. The lowest BCUT2D eigenvalue weighted by molar-refractivity contribution is -0.142. The van der Waals surface area contributed by atoms with Crippen LogP contribution in [0.1, 0.15) is 5.56 Å². The van der Waals surface area contributed by atoms with Crippen LogP contribution < -0.4 is 4.90 Å². The molecule has 0 fully saturated rings. The van der Waals surface area contributed by atoms with Gasteiger partial charge in [0.2, 0.25) is 6.17 Å². The first-order valence-electron chi connectivity index (χ1n) is 4.88. The molecule has 0 spiro atoms. The fourth-order valence-corrected chi connectivity index (χ4v) is 1.87. The van der Waals surface area contributed by atoms with Gasteiger partial charge in [-0.3, -0.25) is 0 Å². The summed E-state index contributed by atoms with van der Waals surface area (Å²) in [6.07, 6.45) is -0.946. The van der Waals surface area contributed by atoms with Gasteiger partial charge in [-0.1, -0.05) is 18.2 Å². The van der Waals surface area contributed by atoms with E-state index in [0.29, 0.717) is 6.54 Å². The first-order valence-corrected chi connectivity index (χ1v) is 4.88. The van der Waals surface area contributed by atoms with Crippen molar-refractivity contribution in [1.29, 1.82) is 0 Å². The maximum absolute atomic E-state index is 13.0. The monoisotopic (exact) mass is 209 g/mol. The Morgan fingerprint density at radius 3 is 3.00 bits per heavy atom. The van der Waals surface area contributed by atoms with Crippen molar-refractivity contribution in [3.05, 3.63) is 29.8 Å². The Balaban J connectivity index is 2.11. The van der Waals surface area contributed by atoms with Crippen molar-refractivity contribution >= 4 is 11.7 Å². The molecule has 1 aliphatic rings. The summed E-state index contributed by atoms with van der Waals surface area (Å²) in [4.78, 5) is 12.2. The van der Waals surface area contributed by atoms with Crippen molar-refractivity contribution in [1.82, 2.24) is 0 Å². The zero-order chi connectivity index (χ0) is 10.8. The molecule has 1 aromatic rings. The highest BCUT2D eigenvalue weighted by Gasteiger charge is 2.24. The Hall–Kier alpha value is -1.58. The van der Waals surface area contributed by atoms with E-state index in [-0.39, 0.29) is 6.54 Å². The minimum Gasteiger partial charge on any atom is -0.479 e. The Kier molecular flexibility index (Phi) is 2.58. The molecule has 0 saturated carbocycles. The zero-order valence-electron chi connectivity index (χ0n) is 8.19. The van der Waals surface area contributed by atoms with E-state index in [1.54, 1.807) is 4.90 Å². The molecule has 0 bridgehead atoms. The summed E-state index contributed by atoms with van der Waals surface area (Å²) in [6, 6.07) is 7.71. The third kappa shape index (κ3) is 1.93. The molecule has 1 unspecified atom stereocenters. The normalized spacial score (nSPS) is 16.2. The van der Waals surface area contributed by atoms with Gasteiger partial charge in [0.25, 0.3) is 0 Å². The number of para-hydroxylation sites is 1. The van der Waals surface area contributed by atoms with Crippen LogP contribution in [0.25, 0.3) is 0 Å². The number of carbonyl (C=O) groups is 1. The van der Waals surface area contributed by atoms with E-state index in [1.165, 1.54) is 0 Å². The SMILES string of the molecule is O=C(O)C(F)CN1CCc2ccccc21. The predicted octanol–water partition coefficient (Wildman–Crippen LogP) is 1.47. The van der Waals surface area contributed by atoms with Crippen LogP contribution >= 0.6 is 0 Å². The van der Waals surface area contributed by atoms with Crippen LogP contribution in [0.3, 0.4) is 0 Å². The highest BCUT2D eigenvalue weighted by molar-refractivity contribution is 5.73. The zero-order valence-corrected chi connectivity index (χ0v) is 8.19. The highest BCUT2D eigenvalue weighted by Crippen LogP contribution is 2.27. The van der Waals surface area contributed by atoms with E-state index < -0.39 is 12.1 Å². The molecular weight excluding hydrogens is 197 g/mol. The molecule has 3 nitrogen and oxygen atoms in total. The van der Waals surface area contributed by atoms with E-state index in [2.05, 4.69) is 0 Å². The van der Waals surface area contributed by atoms with Crippen LogP contribution in [-0.4, -0.2) is 30.3 Å². The molecule has 80 valence electrons. The van der Waals surface area contributed by atoms with Gasteiger partial charge in [-0.25, -0.2) is 9.18 Å². The molecule has 0 radical (unpaired) electrons. The lowest BCUT2D eigenvalue weighted by Gasteiger charge is -2.19. The van der Waals surface area contributed by atoms with Crippen LogP contribution in [0.4, 0.5) is 10.1 Å². The number of aliphatic carboxylic acids is 1. The number of rotatable bonds is 3. The van der Waals surface area contributed by atoms with Gasteiger partial charge in [0.1, 0.15) is 0 Å². The van der Waals surface area contributed by atoms with E-state index in [4.69, 9.17) is 5.11 Å². The molecule has 1 N–H and O–H groups in total. The average Bonchev–Trinajstić information content (AvgIpc) is 2.62. The first kappa shape index (κ1) is 9.96. The summed E-state index contributed by atoms with van der Waals surface area (Å²) in [7, 11) is 0. The molecule has 15 heavy (non-hydrogen) atoms. The van der Waals surface area contributed by atoms with E-state index in [0.717, 1.165) is 17.7 Å². The van der Waals surface area contributed by atoms with Crippen LogP contribution in [0, 0.1) is 0 Å². The fourth-order valence-electron chi connectivity index (χ4n) is 1.87. The molecule has 0 aromatic heterocycles. The van der Waals surface area contributed by atoms with E-state index in [1.807, 2.05) is 24.3 Å². The Morgan fingerprint density at radius 1 is 1.53 bits per heavy atom. The summed E-state index contributed by atoms with van der Waals surface area (Å²) >= 11 is 0. The molecule has 1 heterocycles. The molecule has 1 atom stereocenters. The lowest BCUT2D eigenvalue weighted by atomic mass is 10.2. The van der Waals surface area contributed by atoms with Gasteiger partial charge in [0.15, 0.2) is 0 Å². The number of halogens is 1. The number of carboxylic acid groups (broad SMARTS) is 1. The van der Waals surface area contributed by atoms with Gasteiger partial charge in [0.05, 0.1) is 6.54 Å². The minimum absolute atomic E-state index is 0.0631. The third-order valence-electron chi connectivity index (χ3n) is 2.63. The largest absolute Gasteiger partial charge is 0.479 e. The molecular formula is C11H12FNO2. The van der Waals surface area contributed by atoms with E-state index in [9.17, 15) is 9.18 Å². The molecule has 1 aliphatic heterocycles. The van der Waals surface area contributed by atoms with Gasteiger partial charge in [-0.15, -0.1) is 0 Å². The van der Waals surface area contributed by atoms with Gasteiger partial charge in [-0.05, 0) is 18.1 Å². The fraction of sp³-hybridized carbons (Fsp3) is 0.364. The second-order valence-corrected chi connectivity index (χ2v) is 3.63. The summed E-state index contributed by atoms with van der Waals surface area (Å²) < 4.78 is 13.0. The minimum atomic E-state index is -1.81. The molecule has 2 rings (SSSR count). The number of nitrogens with zero attached hydrogens (tertiary/aromatic N) is 1. The van der Waals surface area contributed by atoms with Crippen molar-refractivity contribution in [3.8, 4) is 0 Å². The van der Waals surface area contributed by atoms with Gasteiger partial charge < -0.3 is 10.0 Å². The molecule has 4 heteroatoms. The molecule has 1 aromatic carbocycles. The lowest BCUT2D eigenvalue weighted by Crippen LogP contribution is -2.33. The standard InChI is InChI=1S/C11H12FNO2/c12-9(11(14)15)7-13-6-5-8-3-1-2-4-10(8)13/h1-4,9H,5-7H2,(H,14,15). The molecule has 0 aliphatic carbocycles. The van der Waals surface area contributed by atoms with Crippen LogP contribution in [0.5, 0.6) is 0 Å². The summed E-state index contributed by atoms with van der Waals surface area (Å²) in [6.45, 7) is 0.638. The summed E-state index contributed by atoms with van der Waals surface area (Å²) in [5, 5.41) is 8.49. The maximum atomic E-state index is 13.0. The first-order chi connectivity index (χ1) is 7.18. The van der Waals surface area contributed by atoms with Crippen molar-refractivity contribution < 1.29 is 14.3 Å². The third-order valence-corrected chi connectivity index (χ3v) is 2.63. The quantitative estimate of drug-likeness (QED) is 0.819. The second kappa shape index (κ2) is 3.88. The number of anilines is 1. The maximum Gasteiger partial charge on any atom is 0.340 e. The number of fused-ring (bicyclic) bond motifs is 1. The number of hydrogen-bond donors (Lipinski definition) is 1. The predicted molar refractivity (Wildman–Crippen MR) is 54.9 cm³/mol. The van der Waals surface area contributed by atoms with E-state index >= 15 is 0 Å². The van der Waals surface area contributed by atoms with Crippen molar-refractivity contribution in [2.24, 2.45) is 0 Å². The number of alkyl halides is 1. The Bertz CT molecular complexity index is 381. The summed E-state index contributed by atoms with van der Waals surface area (Å²) in [5.41, 5.74) is 2.12. The van der Waals surface area contributed by atoms with Gasteiger partial charge in [-0.2, -0.15) is 0 Å². The number of benzene rings is 1. The van der Waals surface area contributed by atoms with Gasteiger partial charge >= 0.3 is 5.97 Å². The van der Waals surface area contributed by atoms with Crippen LogP contribution in [0.2, 0.25) is 0 Å². The summed E-state index contributed by atoms with van der Waals surface area (Å²) in [5.74, 6) is -1.39. The smallest absolute Gasteiger partial charge is 0.340 e. The molecule has 0 amide bonds. The van der Waals surface area contributed by atoms with Crippen molar-refractivity contribution in [2.45, 2.75) is 12.6 Å². The number of carboxylic acids is 1. The average molecular weight is 209 g/mol.